The molecule has 6 heteroatoms. The minimum Gasteiger partial charge on any atom is -0.507 e. The Morgan fingerprint density at radius 2 is 2.05 bits per heavy atom. The maximum absolute atomic E-state index is 12.4. The van der Waals surface area contributed by atoms with Crippen LogP contribution in [0.25, 0.3) is 0 Å². The van der Waals surface area contributed by atoms with Crippen LogP contribution in [-0.4, -0.2) is 41.6 Å². The highest BCUT2D eigenvalue weighted by molar-refractivity contribution is 9.10. The van der Waals surface area contributed by atoms with Gasteiger partial charge < -0.3 is 14.7 Å². The summed E-state index contributed by atoms with van der Waals surface area (Å²) in [7, 11) is 0. The van der Waals surface area contributed by atoms with Crippen LogP contribution in [0.4, 0.5) is 0 Å². The number of rotatable bonds is 3. The lowest BCUT2D eigenvalue weighted by molar-refractivity contribution is -0.149. The van der Waals surface area contributed by atoms with Gasteiger partial charge in [-0.25, -0.2) is 0 Å². The Bertz CT molecular complexity index is 538. The molecule has 1 amide bonds. The zero-order chi connectivity index (χ0) is 15.4. The zero-order valence-corrected chi connectivity index (χ0v) is 13.4. The zero-order valence-electron chi connectivity index (χ0n) is 11.8. The number of carbonyl (C=O) groups excluding carboxylic acids is 2. The van der Waals surface area contributed by atoms with E-state index in [1.807, 2.05) is 0 Å². The maximum Gasteiger partial charge on any atom is 0.309 e. The molecular weight excluding hydrogens is 338 g/mol. The first kappa shape index (κ1) is 15.8. The minimum absolute atomic E-state index is 0.0317. The first-order chi connectivity index (χ1) is 10.0. The van der Waals surface area contributed by atoms with E-state index in [4.69, 9.17) is 4.74 Å². The molecule has 1 aromatic carbocycles. The lowest BCUT2D eigenvalue weighted by Gasteiger charge is -2.31. The van der Waals surface area contributed by atoms with Crippen LogP contribution in [0.5, 0.6) is 5.75 Å². The molecule has 1 saturated heterocycles. The summed E-state index contributed by atoms with van der Waals surface area (Å²) in [6.45, 7) is 3.15. The number of benzene rings is 1. The van der Waals surface area contributed by atoms with Crippen molar-refractivity contribution in [1.82, 2.24) is 4.90 Å². The third kappa shape index (κ3) is 3.75. The fourth-order valence-corrected chi connectivity index (χ4v) is 2.79. The molecule has 0 atom stereocenters. The number of hydrogen-bond acceptors (Lipinski definition) is 4. The predicted molar refractivity (Wildman–Crippen MR) is 81.1 cm³/mol. The van der Waals surface area contributed by atoms with Crippen molar-refractivity contribution in [3.8, 4) is 5.75 Å². The maximum atomic E-state index is 12.4. The Morgan fingerprint density at radius 3 is 2.67 bits per heavy atom. The highest BCUT2D eigenvalue weighted by atomic mass is 79.9. The van der Waals surface area contributed by atoms with E-state index in [-0.39, 0.29) is 29.1 Å². The van der Waals surface area contributed by atoms with Gasteiger partial charge in [-0.3, -0.25) is 9.59 Å². The summed E-state index contributed by atoms with van der Waals surface area (Å²) < 4.78 is 5.75. The minimum atomic E-state index is -0.212. The molecule has 21 heavy (non-hydrogen) atoms. The number of phenols is 1. The van der Waals surface area contributed by atoms with Gasteiger partial charge in [0.05, 0.1) is 18.1 Å². The second kappa shape index (κ2) is 6.93. The van der Waals surface area contributed by atoms with Crippen LogP contribution in [0.2, 0.25) is 0 Å². The fraction of sp³-hybridized carbons (Fsp3) is 0.467. The molecule has 0 unspecified atom stereocenters. The molecular formula is C15H18BrNO4. The molecule has 0 saturated carbocycles. The summed E-state index contributed by atoms with van der Waals surface area (Å²) in [5, 5.41) is 9.80. The average Bonchev–Trinajstić information content (AvgIpc) is 2.49. The summed E-state index contributed by atoms with van der Waals surface area (Å²) in [5.74, 6) is -0.563. The van der Waals surface area contributed by atoms with Crippen molar-refractivity contribution < 1.29 is 19.4 Å². The number of piperidine rings is 1. The van der Waals surface area contributed by atoms with Gasteiger partial charge in [-0.15, -0.1) is 0 Å². The van der Waals surface area contributed by atoms with Crippen molar-refractivity contribution in [3.05, 3.63) is 28.2 Å². The van der Waals surface area contributed by atoms with E-state index in [2.05, 4.69) is 15.9 Å². The third-order valence-electron chi connectivity index (χ3n) is 3.59. The second-order valence-corrected chi connectivity index (χ2v) is 5.90. The van der Waals surface area contributed by atoms with E-state index >= 15 is 0 Å². The molecule has 1 N–H and O–H groups in total. The molecule has 1 aliphatic heterocycles. The van der Waals surface area contributed by atoms with Crippen LogP contribution in [-0.2, 0) is 9.53 Å². The molecule has 0 bridgehead atoms. The molecule has 114 valence electrons. The molecule has 2 rings (SSSR count). The molecule has 1 aliphatic rings. The number of amides is 1. The summed E-state index contributed by atoms with van der Waals surface area (Å²) in [6.07, 6.45) is 1.19. The molecule has 0 aromatic heterocycles. The van der Waals surface area contributed by atoms with Crippen LogP contribution in [0.15, 0.2) is 22.7 Å². The normalized spacial score (nSPS) is 15.8. The lowest BCUT2D eigenvalue weighted by Crippen LogP contribution is -2.40. The van der Waals surface area contributed by atoms with E-state index in [0.717, 1.165) is 4.47 Å². The van der Waals surface area contributed by atoms with Gasteiger partial charge in [-0.1, -0.05) is 15.9 Å². The number of likely N-dealkylation sites (tertiary alicyclic amines) is 1. The number of halogens is 1. The Balaban J connectivity index is 2.00. The van der Waals surface area contributed by atoms with E-state index in [0.29, 0.717) is 32.5 Å². The van der Waals surface area contributed by atoms with Crippen molar-refractivity contribution in [2.75, 3.05) is 19.7 Å². The molecule has 5 nitrogen and oxygen atoms in total. The monoisotopic (exact) mass is 355 g/mol. The number of aromatic hydroxyl groups is 1. The first-order valence-electron chi connectivity index (χ1n) is 6.97. The number of esters is 1. The van der Waals surface area contributed by atoms with Crippen molar-refractivity contribution in [1.29, 1.82) is 0 Å². The Hall–Kier alpha value is -1.56. The van der Waals surface area contributed by atoms with Gasteiger partial charge in [0.2, 0.25) is 0 Å². The fourth-order valence-electron chi connectivity index (χ4n) is 2.43. The van der Waals surface area contributed by atoms with Crippen molar-refractivity contribution >= 4 is 27.8 Å². The summed E-state index contributed by atoms with van der Waals surface area (Å²) in [5.41, 5.74) is 0.277. The van der Waals surface area contributed by atoms with Gasteiger partial charge in [0.25, 0.3) is 5.91 Å². The predicted octanol–water partition coefficient (Wildman–Crippen LogP) is 2.57. The summed E-state index contributed by atoms with van der Waals surface area (Å²) in [6, 6.07) is 4.77. The quantitative estimate of drug-likeness (QED) is 0.846. The van der Waals surface area contributed by atoms with Gasteiger partial charge in [0, 0.05) is 17.6 Å². The van der Waals surface area contributed by atoms with Gasteiger partial charge in [-0.05, 0) is 38.0 Å². The summed E-state index contributed by atoms with van der Waals surface area (Å²) in [4.78, 5) is 25.7. The second-order valence-electron chi connectivity index (χ2n) is 4.98. The van der Waals surface area contributed by atoms with Gasteiger partial charge in [-0.2, -0.15) is 0 Å². The standard InChI is InChI=1S/C15H18BrNO4/c1-2-21-15(20)10-5-7-17(8-6-10)14(19)12-9-11(16)3-4-13(12)18/h3-4,9-10,18H,2,5-8H2,1H3. The third-order valence-corrected chi connectivity index (χ3v) is 4.08. The Kier molecular flexibility index (Phi) is 5.22. The molecule has 1 aromatic rings. The molecule has 0 radical (unpaired) electrons. The van der Waals surface area contributed by atoms with Crippen LogP contribution < -0.4 is 0 Å². The highest BCUT2D eigenvalue weighted by Crippen LogP contribution is 2.26. The van der Waals surface area contributed by atoms with Crippen LogP contribution in [0.1, 0.15) is 30.1 Å². The average molecular weight is 356 g/mol. The smallest absolute Gasteiger partial charge is 0.309 e. The van der Waals surface area contributed by atoms with Gasteiger partial charge >= 0.3 is 5.97 Å². The number of phenolic OH excluding ortho intramolecular Hbond substituents is 1. The number of ether oxygens (including phenoxy) is 1. The van der Waals surface area contributed by atoms with Crippen molar-refractivity contribution in [2.45, 2.75) is 19.8 Å². The Labute approximate surface area is 132 Å². The van der Waals surface area contributed by atoms with Crippen molar-refractivity contribution in [2.24, 2.45) is 5.92 Å². The molecule has 0 aliphatic carbocycles. The van der Waals surface area contributed by atoms with Crippen LogP contribution in [0, 0.1) is 5.92 Å². The number of nitrogens with zero attached hydrogens (tertiary/aromatic N) is 1. The van der Waals surface area contributed by atoms with Crippen LogP contribution in [0.3, 0.4) is 0 Å². The largest absolute Gasteiger partial charge is 0.507 e. The van der Waals surface area contributed by atoms with Crippen molar-refractivity contribution in [3.63, 3.8) is 0 Å². The SMILES string of the molecule is CCOC(=O)C1CCN(C(=O)c2cc(Br)ccc2O)CC1. The molecule has 1 heterocycles. The van der Waals surface area contributed by atoms with E-state index in [9.17, 15) is 14.7 Å². The molecule has 0 spiro atoms. The number of carbonyl (C=O) groups is 2. The topological polar surface area (TPSA) is 66.8 Å². The van der Waals surface area contributed by atoms with E-state index in [1.54, 1.807) is 24.0 Å². The van der Waals surface area contributed by atoms with Gasteiger partial charge in [0.1, 0.15) is 5.75 Å². The van der Waals surface area contributed by atoms with Gasteiger partial charge in [0.15, 0.2) is 0 Å². The van der Waals surface area contributed by atoms with E-state index < -0.39 is 0 Å². The Morgan fingerprint density at radius 1 is 1.38 bits per heavy atom. The van der Waals surface area contributed by atoms with Crippen LogP contribution >= 0.6 is 15.9 Å². The first-order valence-corrected chi connectivity index (χ1v) is 7.76. The van der Waals surface area contributed by atoms with E-state index in [1.165, 1.54) is 6.07 Å². The summed E-state index contributed by atoms with van der Waals surface area (Å²) >= 11 is 3.29. The number of hydrogen-bond donors (Lipinski definition) is 1. The highest BCUT2D eigenvalue weighted by Gasteiger charge is 2.29. The lowest BCUT2D eigenvalue weighted by atomic mass is 9.96. The molecule has 1 fully saturated rings.